The van der Waals surface area contributed by atoms with Gasteiger partial charge >= 0.3 is 0 Å². The molecule has 0 N–H and O–H groups in total. The van der Waals surface area contributed by atoms with Crippen LogP contribution in [-0.4, -0.2) is 6.71 Å². The molecule has 0 bridgehead atoms. The van der Waals surface area contributed by atoms with Gasteiger partial charge in [0.25, 0.3) is 6.71 Å². The molecule has 0 amide bonds. The molecule has 14 rings (SSSR count). The van der Waals surface area contributed by atoms with Gasteiger partial charge < -0.3 is 24.5 Å². The molecule has 344 valence electrons. The van der Waals surface area contributed by atoms with Crippen LogP contribution in [0.2, 0.25) is 0 Å². The van der Waals surface area contributed by atoms with Gasteiger partial charge in [0.15, 0.2) is 0 Å². The summed E-state index contributed by atoms with van der Waals surface area (Å²) in [5.74, 6) is 0. The summed E-state index contributed by atoms with van der Waals surface area (Å²) < 4.78 is 0. The lowest BCUT2D eigenvalue weighted by Crippen LogP contribution is -2.61. The van der Waals surface area contributed by atoms with Crippen molar-refractivity contribution in [3.63, 3.8) is 0 Å². The summed E-state index contributed by atoms with van der Waals surface area (Å²) >= 11 is 1.85. The van der Waals surface area contributed by atoms with Crippen LogP contribution in [-0.2, 0) is 0 Å². The van der Waals surface area contributed by atoms with Crippen LogP contribution in [0, 0.1) is 0 Å². The fraction of sp³-hybridized carbons (Fsp3) is 0. The molecule has 0 fully saturated rings. The summed E-state index contributed by atoms with van der Waals surface area (Å²) in [7, 11) is 0. The average molecular weight is 952 g/mol. The monoisotopic (exact) mass is 951 g/mol. The second kappa shape index (κ2) is 17.9. The Labute approximate surface area is 431 Å². The highest BCUT2D eigenvalue weighted by Crippen LogP contribution is 2.56. The number of fused-ring (bicyclic) bond motifs is 6. The maximum absolute atomic E-state index is 2.53. The van der Waals surface area contributed by atoms with Crippen molar-refractivity contribution in [2.24, 2.45) is 0 Å². The molecular weight excluding hydrogens is 906 g/mol. The predicted molar refractivity (Wildman–Crippen MR) is 309 cm³/mol. The molecule has 11 aromatic rings. The molecular formula is C66H46BN5S. The van der Waals surface area contributed by atoms with Crippen LogP contribution in [0.1, 0.15) is 0 Å². The Morgan fingerprint density at radius 2 is 0.658 bits per heavy atom. The Balaban J connectivity index is 1.04. The van der Waals surface area contributed by atoms with Crippen molar-refractivity contribution >= 4 is 120 Å². The summed E-state index contributed by atoms with van der Waals surface area (Å²) in [6.07, 6.45) is 0. The molecule has 3 aliphatic heterocycles. The summed E-state index contributed by atoms with van der Waals surface area (Å²) in [6.45, 7) is -0.0888. The zero-order valence-corrected chi connectivity index (χ0v) is 40.6. The highest BCUT2D eigenvalue weighted by atomic mass is 32.2. The second-order valence-electron chi connectivity index (χ2n) is 18.5. The molecule has 0 atom stereocenters. The minimum absolute atomic E-state index is 0.0888. The maximum Gasteiger partial charge on any atom is 0.252 e. The zero-order chi connectivity index (χ0) is 48.2. The predicted octanol–water partition coefficient (Wildman–Crippen LogP) is 16.6. The number of anilines is 15. The molecule has 0 spiro atoms. The van der Waals surface area contributed by atoms with E-state index in [-0.39, 0.29) is 6.71 Å². The van der Waals surface area contributed by atoms with E-state index in [0.29, 0.717) is 0 Å². The molecule has 7 heteroatoms. The summed E-state index contributed by atoms with van der Waals surface area (Å²) in [6, 6.07) is 101. The summed E-state index contributed by atoms with van der Waals surface area (Å²) in [5.41, 5.74) is 20.6. The van der Waals surface area contributed by atoms with Crippen molar-refractivity contribution in [2.45, 2.75) is 9.79 Å². The standard InChI is InChI=1S/C66H46BN5S/c1-8-24-47(25-9-1)68(48-26-10-2-11-27-48)54-40-41-59-64(44-54)73-65-46-60-57(45-61(65)71(59)52-34-18-6-19-35-52)67-56-38-22-23-39-58(56)70(51-32-16-5-17-33-51)62-42-55(43-63(66(62)67)72(60)53-36-20-7-21-37-53)69(49-28-12-3-13-29-49)50-30-14-4-15-31-50/h1-46H. The molecule has 73 heavy (non-hydrogen) atoms. The lowest BCUT2D eigenvalue weighted by molar-refractivity contribution is 1.15. The third-order valence-electron chi connectivity index (χ3n) is 14.3. The van der Waals surface area contributed by atoms with Gasteiger partial charge in [0.05, 0.1) is 17.1 Å². The first kappa shape index (κ1) is 42.7. The van der Waals surface area contributed by atoms with E-state index in [2.05, 4.69) is 304 Å². The van der Waals surface area contributed by atoms with Gasteiger partial charge in [0, 0.05) is 78.0 Å². The average Bonchev–Trinajstić information content (AvgIpc) is 3.46. The van der Waals surface area contributed by atoms with Crippen LogP contribution >= 0.6 is 11.8 Å². The van der Waals surface area contributed by atoms with Crippen molar-refractivity contribution in [1.82, 2.24) is 0 Å². The molecule has 0 aliphatic carbocycles. The molecule has 3 aliphatic rings. The Hall–Kier alpha value is -9.17. The van der Waals surface area contributed by atoms with Crippen molar-refractivity contribution in [2.75, 3.05) is 24.5 Å². The van der Waals surface area contributed by atoms with Gasteiger partial charge in [0.1, 0.15) is 0 Å². The Kier molecular flexibility index (Phi) is 10.5. The molecule has 0 aromatic heterocycles. The first-order valence-electron chi connectivity index (χ1n) is 24.9. The highest BCUT2D eigenvalue weighted by molar-refractivity contribution is 7.99. The van der Waals surface area contributed by atoms with E-state index in [1.165, 1.54) is 31.9 Å². The van der Waals surface area contributed by atoms with Gasteiger partial charge in [-0.2, -0.15) is 0 Å². The summed E-state index contributed by atoms with van der Waals surface area (Å²) in [4.78, 5) is 14.6. The zero-order valence-electron chi connectivity index (χ0n) is 39.8. The molecule has 3 heterocycles. The van der Waals surface area contributed by atoms with E-state index in [0.717, 1.165) is 79.6 Å². The SMILES string of the molecule is c1ccc(N(c2ccccc2)c2ccc3c(c2)Sc2cc4c(cc2N3c2ccccc2)B2c3ccccc3N(c3ccccc3)c3cc(N(c5ccccc5)c5ccccc5)cc(c32)N4c2ccccc2)cc1. The van der Waals surface area contributed by atoms with Crippen LogP contribution in [0.3, 0.4) is 0 Å². The van der Waals surface area contributed by atoms with E-state index in [1.54, 1.807) is 0 Å². The third kappa shape index (κ3) is 7.27. The van der Waals surface area contributed by atoms with E-state index in [4.69, 9.17) is 0 Å². The largest absolute Gasteiger partial charge is 0.311 e. The molecule has 0 radical (unpaired) electrons. The normalized spacial score (nSPS) is 12.8. The van der Waals surface area contributed by atoms with Gasteiger partial charge in [0.2, 0.25) is 0 Å². The van der Waals surface area contributed by atoms with Gasteiger partial charge in [-0.1, -0.05) is 157 Å². The van der Waals surface area contributed by atoms with Crippen LogP contribution in [0.5, 0.6) is 0 Å². The van der Waals surface area contributed by atoms with E-state index in [9.17, 15) is 0 Å². The minimum Gasteiger partial charge on any atom is -0.311 e. The molecule has 0 unspecified atom stereocenters. The van der Waals surface area contributed by atoms with E-state index in [1.807, 2.05) is 11.8 Å². The van der Waals surface area contributed by atoms with E-state index >= 15 is 0 Å². The van der Waals surface area contributed by atoms with Gasteiger partial charge in [-0.3, -0.25) is 0 Å². The number of para-hydroxylation sites is 8. The van der Waals surface area contributed by atoms with Crippen LogP contribution in [0.15, 0.2) is 289 Å². The van der Waals surface area contributed by atoms with Gasteiger partial charge in [-0.25, -0.2) is 0 Å². The van der Waals surface area contributed by atoms with Crippen molar-refractivity contribution in [3.8, 4) is 0 Å². The van der Waals surface area contributed by atoms with Crippen molar-refractivity contribution in [1.29, 1.82) is 0 Å². The third-order valence-corrected chi connectivity index (χ3v) is 15.4. The molecule has 0 saturated heterocycles. The number of nitrogens with zero attached hydrogens (tertiary/aromatic N) is 5. The van der Waals surface area contributed by atoms with Crippen LogP contribution in [0.4, 0.5) is 85.3 Å². The van der Waals surface area contributed by atoms with Gasteiger partial charge in [-0.05, 0) is 150 Å². The number of hydrogen-bond donors (Lipinski definition) is 0. The highest BCUT2D eigenvalue weighted by Gasteiger charge is 2.45. The van der Waals surface area contributed by atoms with Crippen LogP contribution < -0.4 is 40.9 Å². The number of hydrogen-bond acceptors (Lipinski definition) is 6. The summed E-state index contributed by atoms with van der Waals surface area (Å²) in [5, 5.41) is 0. The number of benzene rings is 11. The Morgan fingerprint density at radius 3 is 1.15 bits per heavy atom. The number of rotatable bonds is 9. The molecule has 0 saturated carbocycles. The van der Waals surface area contributed by atoms with Crippen molar-refractivity contribution < 1.29 is 0 Å². The quantitative estimate of drug-likeness (QED) is 0.133. The lowest BCUT2D eigenvalue weighted by Gasteiger charge is -2.45. The van der Waals surface area contributed by atoms with Gasteiger partial charge in [-0.15, -0.1) is 0 Å². The Bertz CT molecular complexity index is 3710. The smallest absolute Gasteiger partial charge is 0.252 e. The first-order chi connectivity index (χ1) is 36.2. The molecule has 11 aromatic carbocycles. The first-order valence-corrected chi connectivity index (χ1v) is 25.7. The minimum atomic E-state index is -0.0888. The van der Waals surface area contributed by atoms with Crippen molar-refractivity contribution in [3.05, 3.63) is 279 Å². The maximum atomic E-state index is 2.53. The fourth-order valence-corrected chi connectivity index (χ4v) is 12.4. The molecule has 5 nitrogen and oxygen atoms in total. The second-order valence-corrected chi connectivity index (χ2v) is 19.6. The topological polar surface area (TPSA) is 16.2 Å². The van der Waals surface area contributed by atoms with E-state index < -0.39 is 0 Å². The lowest BCUT2D eigenvalue weighted by atomic mass is 9.33. The fourth-order valence-electron chi connectivity index (χ4n) is 11.3. The Morgan fingerprint density at radius 1 is 0.260 bits per heavy atom. The van der Waals surface area contributed by atoms with Crippen LogP contribution in [0.25, 0.3) is 0 Å².